The van der Waals surface area contributed by atoms with Crippen LogP contribution in [0.3, 0.4) is 0 Å². The maximum Gasteiger partial charge on any atom is 0.250 e. The van der Waals surface area contributed by atoms with Gasteiger partial charge in [-0.05, 0) is 48.6 Å². The van der Waals surface area contributed by atoms with Crippen LogP contribution in [0.15, 0.2) is 75.6 Å². The lowest BCUT2D eigenvalue weighted by Gasteiger charge is -2.09. The van der Waals surface area contributed by atoms with Crippen molar-refractivity contribution in [2.24, 2.45) is 0 Å². The number of anilines is 1. The van der Waals surface area contributed by atoms with Gasteiger partial charge in [0.1, 0.15) is 17.3 Å². The molecule has 7 heteroatoms. The monoisotopic (exact) mass is 444 g/mol. The van der Waals surface area contributed by atoms with Crippen molar-refractivity contribution in [3.05, 3.63) is 82.8 Å². The largest absolute Gasteiger partial charge is 0.457 e. The Morgan fingerprint density at radius 3 is 2.63 bits per heavy atom. The number of nitrogens with one attached hydrogen (secondary N) is 2. The molecular formula is C20H14BrFN2O2S. The summed E-state index contributed by atoms with van der Waals surface area (Å²) < 4.78 is 20.1. The third-order valence-electron chi connectivity index (χ3n) is 3.50. The van der Waals surface area contributed by atoms with Gasteiger partial charge in [0.25, 0.3) is 0 Å². The molecule has 0 saturated heterocycles. The van der Waals surface area contributed by atoms with Gasteiger partial charge in [-0.2, -0.15) is 0 Å². The van der Waals surface area contributed by atoms with Gasteiger partial charge in [0.15, 0.2) is 5.11 Å². The Kier molecular flexibility index (Phi) is 6.16. The third kappa shape index (κ3) is 5.35. The molecule has 0 aliphatic rings. The zero-order valence-corrected chi connectivity index (χ0v) is 16.3. The van der Waals surface area contributed by atoms with Crippen molar-refractivity contribution >= 4 is 50.9 Å². The second-order valence-electron chi connectivity index (χ2n) is 5.47. The first-order chi connectivity index (χ1) is 13.0. The van der Waals surface area contributed by atoms with Gasteiger partial charge in [-0.15, -0.1) is 0 Å². The van der Waals surface area contributed by atoms with E-state index in [4.69, 9.17) is 16.6 Å². The van der Waals surface area contributed by atoms with Crippen LogP contribution in [0.1, 0.15) is 5.76 Å². The van der Waals surface area contributed by atoms with Gasteiger partial charge in [-0.3, -0.25) is 10.1 Å². The summed E-state index contributed by atoms with van der Waals surface area (Å²) in [5.74, 6) is 0.295. The standard InChI is InChI=1S/C20H14BrFN2O2S/c21-14-6-9-17(16(22)12-14)23-20(27)24-19(25)11-8-15-7-10-18(26-15)13-4-2-1-3-5-13/h1-12H,(H2,23,24,25,27)/b11-8+. The summed E-state index contributed by atoms with van der Waals surface area (Å²) in [6.07, 6.45) is 2.82. The summed E-state index contributed by atoms with van der Waals surface area (Å²) in [7, 11) is 0. The number of furan rings is 1. The van der Waals surface area contributed by atoms with Crippen LogP contribution < -0.4 is 10.6 Å². The number of amides is 1. The van der Waals surface area contributed by atoms with Crippen molar-refractivity contribution in [2.45, 2.75) is 0 Å². The smallest absolute Gasteiger partial charge is 0.250 e. The van der Waals surface area contributed by atoms with Gasteiger partial charge in [0.2, 0.25) is 5.91 Å². The molecule has 0 aliphatic carbocycles. The molecule has 1 amide bonds. The molecule has 0 aliphatic heterocycles. The predicted molar refractivity (Wildman–Crippen MR) is 112 cm³/mol. The van der Waals surface area contributed by atoms with E-state index in [1.54, 1.807) is 12.1 Å². The molecule has 3 aromatic rings. The fraction of sp³-hybridized carbons (Fsp3) is 0. The van der Waals surface area contributed by atoms with Crippen LogP contribution in [0.5, 0.6) is 0 Å². The molecule has 0 atom stereocenters. The Labute approximate surface area is 169 Å². The maximum atomic E-state index is 13.8. The summed E-state index contributed by atoms with van der Waals surface area (Å²) in [5, 5.41) is 5.09. The van der Waals surface area contributed by atoms with Crippen molar-refractivity contribution < 1.29 is 13.6 Å². The molecule has 136 valence electrons. The number of rotatable bonds is 4. The fourth-order valence-corrected chi connectivity index (χ4v) is 2.80. The molecule has 0 radical (unpaired) electrons. The lowest BCUT2D eigenvalue weighted by atomic mass is 10.2. The summed E-state index contributed by atoms with van der Waals surface area (Å²) in [6, 6.07) is 17.7. The van der Waals surface area contributed by atoms with Crippen molar-refractivity contribution in [2.75, 3.05) is 5.32 Å². The Morgan fingerprint density at radius 2 is 1.89 bits per heavy atom. The lowest BCUT2D eigenvalue weighted by Crippen LogP contribution is -2.33. The topological polar surface area (TPSA) is 54.3 Å². The van der Waals surface area contributed by atoms with Crippen LogP contribution in [-0.2, 0) is 4.79 Å². The minimum absolute atomic E-state index is 0.00436. The Morgan fingerprint density at radius 1 is 1.11 bits per heavy atom. The quantitative estimate of drug-likeness (QED) is 0.419. The molecular weight excluding hydrogens is 431 g/mol. The fourth-order valence-electron chi connectivity index (χ4n) is 2.26. The van der Waals surface area contributed by atoms with Gasteiger partial charge < -0.3 is 9.73 Å². The summed E-state index contributed by atoms with van der Waals surface area (Å²) in [4.78, 5) is 12.0. The van der Waals surface area contributed by atoms with Crippen LogP contribution in [0.2, 0.25) is 0 Å². The van der Waals surface area contributed by atoms with E-state index in [9.17, 15) is 9.18 Å². The highest BCUT2D eigenvalue weighted by molar-refractivity contribution is 9.10. The van der Waals surface area contributed by atoms with E-state index in [0.29, 0.717) is 16.0 Å². The highest BCUT2D eigenvalue weighted by atomic mass is 79.9. The number of carbonyl (C=O) groups is 1. The number of halogens is 2. The van der Waals surface area contributed by atoms with Gasteiger partial charge in [0, 0.05) is 16.1 Å². The number of hydrogen-bond donors (Lipinski definition) is 2. The van der Waals surface area contributed by atoms with Crippen molar-refractivity contribution in [3.8, 4) is 11.3 Å². The van der Waals surface area contributed by atoms with Crippen molar-refractivity contribution in [1.29, 1.82) is 0 Å². The van der Waals surface area contributed by atoms with Gasteiger partial charge >= 0.3 is 0 Å². The highest BCUT2D eigenvalue weighted by Crippen LogP contribution is 2.22. The molecule has 0 saturated carbocycles. The minimum Gasteiger partial charge on any atom is -0.457 e. The van der Waals surface area contributed by atoms with Crippen molar-refractivity contribution in [1.82, 2.24) is 5.32 Å². The minimum atomic E-state index is -0.486. The summed E-state index contributed by atoms with van der Waals surface area (Å²) in [6.45, 7) is 0. The number of carbonyl (C=O) groups excluding carboxylic acids is 1. The second-order valence-corrected chi connectivity index (χ2v) is 6.79. The average molecular weight is 445 g/mol. The van der Waals surface area contributed by atoms with E-state index < -0.39 is 11.7 Å². The Hall–Kier alpha value is -2.77. The zero-order valence-electron chi connectivity index (χ0n) is 13.9. The molecule has 3 rings (SSSR count). The Balaban J connectivity index is 1.57. The van der Waals surface area contributed by atoms with Gasteiger partial charge in [0.05, 0.1) is 5.69 Å². The lowest BCUT2D eigenvalue weighted by molar-refractivity contribution is -0.115. The first-order valence-electron chi connectivity index (χ1n) is 7.91. The van der Waals surface area contributed by atoms with Gasteiger partial charge in [-0.25, -0.2) is 4.39 Å². The molecule has 1 heterocycles. The molecule has 4 nitrogen and oxygen atoms in total. The summed E-state index contributed by atoms with van der Waals surface area (Å²) >= 11 is 8.20. The maximum absolute atomic E-state index is 13.8. The first-order valence-corrected chi connectivity index (χ1v) is 9.12. The van der Waals surface area contributed by atoms with Crippen LogP contribution in [0.25, 0.3) is 17.4 Å². The Bertz CT molecular complexity index is 1000. The van der Waals surface area contributed by atoms with E-state index in [0.717, 1.165) is 5.56 Å². The van der Waals surface area contributed by atoms with Crippen LogP contribution >= 0.6 is 28.1 Å². The average Bonchev–Trinajstić information content (AvgIpc) is 3.12. The van der Waals surface area contributed by atoms with E-state index in [-0.39, 0.29) is 10.8 Å². The van der Waals surface area contributed by atoms with E-state index in [1.807, 2.05) is 36.4 Å². The molecule has 2 aromatic carbocycles. The normalized spacial score (nSPS) is 10.7. The number of hydrogen-bond acceptors (Lipinski definition) is 3. The third-order valence-corrected chi connectivity index (χ3v) is 4.20. The molecule has 27 heavy (non-hydrogen) atoms. The second kappa shape index (κ2) is 8.75. The molecule has 0 unspecified atom stereocenters. The highest BCUT2D eigenvalue weighted by Gasteiger charge is 2.07. The van der Waals surface area contributed by atoms with Crippen molar-refractivity contribution in [3.63, 3.8) is 0 Å². The SMILES string of the molecule is O=C(/C=C/c1ccc(-c2ccccc2)o1)NC(=S)Nc1ccc(Br)cc1F. The van der Waals surface area contributed by atoms with Crippen LogP contribution in [0, 0.1) is 5.82 Å². The van der Waals surface area contributed by atoms with E-state index >= 15 is 0 Å². The number of benzene rings is 2. The molecule has 2 N–H and O–H groups in total. The predicted octanol–water partition coefficient (Wildman–Crippen LogP) is 5.37. The number of thiocarbonyl (C=S) groups is 1. The molecule has 1 aromatic heterocycles. The molecule has 0 spiro atoms. The van der Waals surface area contributed by atoms with E-state index in [1.165, 1.54) is 24.3 Å². The van der Waals surface area contributed by atoms with Gasteiger partial charge in [-0.1, -0.05) is 46.3 Å². The molecule has 0 fully saturated rings. The van der Waals surface area contributed by atoms with Crippen LogP contribution in [0.4, 0.5) is 10.1 Å². The summed E-state index contributed by atoms with van der Waals surface area (Å²) in [5.41, 5.74) is 1.12. The molecule has 0 bridgehead atoms. The first kappa shape index (κ1) is 19.0. The van der Waals surface area contributed by atoms with E-state index in [2.05, 4.69) is 26.6 Å². The zero-order chi connectivity index (χ0) is 19.2. The van der Waals surface area contributed by atoms with Crippen LogP contribution in [-0.4, -0.2) is 11.0 Å².